The van der Waals surface area contributed by atoms with Gasteiger partial charge in [-0.1, -0.05) is 12.1 Å². The third-order valence-electron chi connectivity index (χ3n) is 2.27. The first-order valence-electron chi connectivity index (χ1n) is 5.59. The van der Waals surface area contributed by atoms with Gasteiger partial charge in [0.1, 0.15) is 5.82 Å². The Morgan fingerprint density at radius 3 is 2.50 bits per heavy atom. The van der Waals surface area contributed by atoms with Crippen molar-refractivity contribution in [3.8, 4) is 5.75 Å². The van der Waals surface area contributed by atoms with Gasteiger partial charge in [0.05, 0.1) is 18.1 Å². The van der Waals surface area contributed by atoms with Crippen LogP contribution in [0.5, 0.6) is 5.75 Å². The number of alkyl halides is 3. The van der Waals surface area contributed by atoms with Crippen LogP contribution in [0.25, 0.3) is 0 Å². The molecule has 2 N–H and O–H groups in total. The summed E-state index contributed by atoms with van der Waals surface area (Å²) >= 11 is 0. The smallest absolute Gasteiger partial charge is 0.404 e. The average Bonchev–Trinajstić information content (AvgIpc) is 2.40. The minimum Gasteiger partial charge on any atom is -0.404 e. The van der Waals surface area contributed by atoms with E-state index < -0.39 is 6.36 Å². The lowest BCUT2D eigenvalue weighted by molar-refractivity contribution is -0.274. The largest absolute Gasteiger partial charge is 0.573 e. The maximum Gasteiger partial charge on any atom is 0.573 e. The van der Waals surface area contributed by atoms with E-state index in [1.165, 1.54) is 30.6 Å². The van der Waals surface area contributed by atoms with Gasteiger partial charge in [-0.25, -0.2) is 4.98 Å². The van der Waals surface area contributed by atoms with Crippen molar-refractivity contribution in [2.24, 2.45) is 0 Å². The van der Waals surface area contributed by atoms with E-state index in [0.29, 0.717) is 11.6 Å². The molecule has 1 heterocycles. The molecule has 20 heavy (non-hydrogen) atoms. The molecule has 0 atom stereocenters. The molecular weight excluding hydrogens is 273 g/mol. The number of ether oxygens (including phenoxy) is 1. The molecule has 1 aromatic carbocycles. The van der Waals surface area contributed by atoms with Gasteiger partial charge in [0.2, 0.25) is 0 Å². The standard InChI is InChI=1S/C12H11F3N4O/c1-16-10-6-17-7-11(19-10)18-8-4-2-3-5-9(8)20-12(13,14)15/h2-7H,1H3,(H2,16,18,19). The molecule has 0 aliphatic rings. The van der Waals surface area contributed by atoms with Crippen molar-refractivity contribution in [3.05, 3.63) is 36.7 Å². The molecule has 0 aliphatic carbocycles. The summed E-state index contributed by atoms with van der Waals surface area (Å²) in [7, 11) is 1.66. The minimum atomic E-state index is -4.75. The topological polar surface area (TPSA) is 59.1 Å². The summed E-state index contributed by atoms with van der Waals surface area (Å²) in [6.45, 7) is 0. The van der Waals surface area contributed by atoms with Gasteiger partial charge in [0.15, 0.2) is 11.6 Å². The van der Waals surface area contributed by atoms with Gasteiger partial charge in [-0.2, -0.15) is 0 Å². The Morgan fingerprint density at radius 1 is 1.10 bits per heavy atom. The van der Waals surface area contributed by atoms with Crippen LogP contribution in [0.15, 0.2) is 36.7 Å². The molecule has 0 aliphatic heterocycles. The van der Waals surface area contributed by atoms with Crippen molar-refractivity contribution < 1.29 is 17.9 Å². The van der Waals surface area contributed by atoms with E-state index in [9.17, 15) is 13.2 Å². The van der Waals surface area contributed by atoms with Crippen LogP contribution in [0.4, 0.5) is 30.5 Å². The van der Waals surface area contributed by atoms with Crippen LogP contribution < -0.4 is 15.4 Å². The highest BCUT2D eigenvalue weighted by atomic mass is 19.4. The quantitative estimate of drug-likeness (QED) is 0.903. The summed E-state index contributed by atoms with van der Waals surface area (Å²) in [6.07, 6.45) is -1.87. The zero-order chi connectivity index (χ0) is 14.6. The molecular formula is C12H11F3N4O. The van der Waals surface area contributed by atoms with Gasteiger partial charge in [-0.05, 0) is 12.1 Å². The van der Waals surface area contributed by atoms with E-state index in [0.717, 1.165) is 0 Å². The number of para-hydroxylation sites is 2. The Labute approximate surface area is 112 Å². The van der Waals surface area contributed by atoms with Gasteiger partial charge in [-0.3, -0.25) is 4.98 Å². The SMILES string of the molecule is CNc1cncc(Nc2ccccc2OC(F)(F)F)n1. The van der Waals surface area contributed by atoms with Crippen molar-refractivity contribution in [2.75, 3.05) is 17.7 Å². The van der Waals surface area contributed by atoms with Crippen molar-refractivity contribution in [2.45, 2.75) is 6.36 Å². The van der Waals surface area contributed by atoms with E-state index in [4.69, 9.17) is 0 Å². The number of hydrogen-bond donors (Lipinski definition) is 2. The molecule has 0 saturated heterocycles. The number of benzene rings is 1. The normalized spacial score (nSPS) is 11.0. The predicted octanol–water partition coefficient (Wildman–Crippen LogP) is 3.16. The summed E-state index contributed by atoms with van der Waals surface area (Å²) in [6, 6.07) is 5.70. The van der Waals surface area contributed by atoms with Gasteiger partial charge >= 0.3 is 6.36 Å². The van der Waals surface area contributed by atoms with E-state index in [1.807, 2.05) is 0 Å². The van der Waals surface area contributed by atoms with E-state index in [-0.39, 0.29) is 11.4 Å². The van der Waals surface area contributed by atoms with Crippen molar-refractivity contribution in [1.82, 2.24) is 9.97 Å². The van der Waals surface area contributed by atoms with Gasteiger partial charge in [0.25, 0.3) is 0 Å². The van der Waals surface area contributed by atoms with Crippen LogP contribution in [0.3, 0.4) is 0 Å². The molecule has 8 heteroatoms. The second-order valence-electron chi connectivity index (χ2n) is 3.71. The minimum absolute atomic E-state index is 0.146. The predicted molar refractivity (Wildman–Crippen MR) is 68.0 cm³/mol. The van der Waals surface area contributed by atoms with E-state index in [2.05, 4.69) is 25.3 Å². The monoisotopic (exact) mass is 284 g/mol. The lowest BCUT2D eigenvalue weighted by Crippen LogP contribution is -2.17. The number of hydrogen-bond acceptors (Lipinski definition) is 5. The Kier molecular flexibility index (Phi) is 3.92. The van der Waals surface area contributed by atoms with Crippen molar-refractivity contribution in [3.63, 3.8) is 0 Å². The third-order valence-corrected chi connectivity index (χ3v) is 2.27. The van der Waals surface area contributed by atoms with Crippen LogP contribution in [0.2, 0.25) is 0 Å². The molecule has 2 aromatic rings. The van der Waals surface area contributed by atoms with E-state index in [1.54, 1.807) is 13.1 Å². The summed E-state index contributed by atoms with van der Waals surface area (Å²) in [5, 5.41) is 5.51. The molecule has 0 fully saturated rings. The molecule has 0 radical (unpaired) electrons. The number of anilines is 3. The molecule has 1 aromatic heterocycles. The van der Waals surface area contributed by atoms with Gasteiger partial charge in [0, 0.05) is 7.05 Å². The average molecular weight is 284 g/mol. The maximum atomic E-state index is 12.3. The molecule has 5 nitrogen and oxygen atoms in total. The number of nitrogens with zero attached hydrogens (tertiary/aromatic N) is 2. The number of nitrogens with one attached hydrogen (secondary N) is 2. The van der Waals surface area contributed by atoms with Crippen molar-refractivity contribution >= 4 is 17.3 Å². The zero-order valence-corrected chi connectivity index (χ0v) is 10.4. The lowest BCUT2D eigenvalue weighted by Gasteiger charge is -2.14. The number of rotatable bonds is 4. The summed E-state index contributed by atoms with van der Waals surface area (Å²) < 4.78 is 40.8. The van der Waals surface area contributed by atoms with Gasteiger partial charge < -0.3 is 15.4 Å². The number of halogens is 3. The van der Waals surface area contributed by atoms with E-state index >= 15 is 0 Å². The molecule has 0 spiro atoms. The maximum absolute atomic E-state index is 12.3. The Morgan fingerprint density at radius 2 is 1.80 bits per heavy atom. The van der Waals surface area contributed by atoms with Crippen LogP contribution >= 0.6 is 0 Å². The Balaban J connectivity index is 2.24. The molecule has 0 saturated carbocycles. The van der Waals surface area contributed by atoms with Crippen molar-refractivity contribution in [1.29, 1.82) is 0 Å². The number of aromatic nitrogens is 2. The van der Waals surface area contributed by atoms with Gasteiger partial charge in [-0.15, -0.1) is 13.2 Å². The fourth-order valence-electron chi connectivity index (χ4n) is 1.47. The third kappa shape index (κ3) is 3.74. The summed E-state index contributed by atoms with van der Waals surface area (Å²) in [4.78, 5) is 8.01. The fraction of sp³-hybridized carbons (Fsp3) is 0.167. The Hall–Kier alpha value is -2.51. The van der Waals surface area contributed by atoms with Crippen LogP contribution in [-0.2, 0) is 0 Å². The first kappa shape index (κ1) is 13.9. The molecule has 0 bridgehead atoms. The van der Waals surface area contributed by atoms with Crippen LogP contribution in [0.1, 0.15) is 0 Å². The van der Waals surface area contributed by atoms with Crippen LogP contribution in [0, 0.1) is 0 Å². The Bertz CT molecular complexity index is 589. The second kappa shape index (κ2) is 5.64. The summed E-state index contributed by atoms with van der Waals surface area (Å²) in [5.41, 5.74) is 0.146. The summed E-state index contributed by atoms with van der Waals surface area (Å²) in [5.74, 6) is 0.455. The fourth-order valence-corrected chi connectivity index (χ4v) is 1.47. The first-order chi connectivity index (χ1) is 9.48. The molecule has 106 valence electrons. The molecule has 2 rings (SSSR count). The highest BCUT2D eigenvalue weighted by Gasteiger charge is 2.32. The second-order valence-corrected chi connectivity index (χ2v) is 3.71. The molecule has 0 amide bonds. The lowest BCUT2D eigenvalue weighted by atomic mass is 10.3. The highest BCUT2D eigenvalue weighted by molar-refractivity contribution is 5.64. The zero-order valence-electron chi connectivity index (χ0n) is 10.4. The van der Waals surface area contributed by atoms with Crippen LogP contribution in [-0.4, -0.2) is 23.4 Å². The highest BCUT2D eigenvalue weighted by Crippen LogP contribution is 2.31. The first-order valence-corrected chi connectivity index (χ1v) is 5.59. The molecule has 0 unspecified atom stereocenters.